The molecule has 0 radical (unpaired) electrons. The molecule has 0 unspecified atom stereocenters. The van der Waals surface area contributed by atoms with Gasteiger partial charge in [0.15, 0.2) is 18.2 Å². The molecule has 27 heavy (non-hydrogen) atoms. The van der Waals surface area contributed by atoms with E-state index >= 15 is 0 Å². The Hall–Kier alpha value is -2.56. The second-order valence-electron chi connectivity index (χ2n) is 7.29. The van der Waals surface area contributed by atoms with E-state index in [2.05, 4.69) is 41.4 Å². The third kappa shape index (κ3) is 5.22. The van der Waals surface area contributed by atoms with Crippen LogP contribution in [0.1, 0.15) is 38.3 Å². The molecule has 2 aromatic rings. The summed E-state index contributed by atoms with van der Waals surface area (Å²) in [6, 6.07) is 14.3. The highest BCUT2D eigenvalue weighted by molar-refractivity contribution is 5.78. The number of nitrogens with one attached hydrogen (secondary N) is 1. The summed E-state index contributed by atoms with van der Waals surface area (Å²) in [7, 11) is 0. The summed E-state index contributed by atoms with van der Waals surface area (Å²) in [6.45, 7) is 6.21. The number of nitrogens with zero attached hydrogens (tertiary/aromatic N) is 1. The minimum Gasteiger partial charge on any atom is -0.481 e. The van der Waals surface area contributed by atoms with Gasteiger partial charge in [-0.05, 0) is 55.5 Å². The molecule has 0 aliphatic carbocycles. The van der Waals surface area contributed by atoms with Gasteiger partial charge in [-0.15, -0.1) is 0 Å². The lowest BCUT2D eigenvalue weighted by Crippen LogP contribution is -2.34. The van der Waals surface area contributed by atoms with Crippen LogP contribution >= 0.6 is 0 Å². The number of para-hydroxylation sites is 1. The van der Waals surface area contributed by atoms with Crippen molar-refractivity contribution < 1.29 is 13.9 Å². The number of piperidine rings is 1. The van der Waals surface area contributed by atoms with Crippen molar-refractivity contribution in [2.75, 3.05) is 24.6 Å². The minimum absolute atomic E-state index is 0.0837. The van der Waals surface area contributed by atoms with Crippen LogP contribution in [0.4, 0.5) is 10.1 Å². The molecular formula is C22H27FN2O2. The molecule has 5 heteroatoms. The zero-order valence-electron chi connectivity index (χ0n) is 16.0. The van der Waals surface area contributed by atoms with E-state index in [1.54, 1.807) is 12.1 Å². The zero-order chi connectivity index (χ0) is 19.2. The lowest BCUT2D eigenvalue weighted by molar-refractivity contribution is -0.123. The largest absolute Gasteiger partial charge is 0.481 e. The molecule has 1 aliphatic rings. The third-order valence-electron chi connectivity index (χ3n) is 4.99. The van der Waals surface area contributed by atoms with Gasteiger partial charge in [-0.3, -0.25) is 4.79 Å². The summed E-state index contributed by atoms with van der Waals surface area (Å²) in [5, 5.41) is 2.89. The normalized spacial score (nSPS) is 18.0. The Balaban J connectivity index is 1.52. The predicted molar refractivity (Wildman–Crippen MR) is 106 cm³/mol. The molecule has 3 rings (SSSR count). The molecule has 144 valence electrons. The van der Waals surface area contributed by atoms with E-state index in [9.17, 15) is 9.18 Å². The van der Waals surface area contributed by atoms with Crippen LogP contribution < -0.4 is 15.0 Å². The number of hydrogen-bond acceptors (Lipinski definition) is 3. The molecule has 0 bridgehead atoms. The molecule has 1 heterocycles. The first-order valence-corrected chi connectivity index (χ1v) is 9.54. The van der Waals surface area contributed by atoms with Crippen molar-refractivity contribution in [1.29, 1.82) is 0 Å². The maximum absolute atomic E-state index is 13.5. The van der Waals surface area contributed by atoms with Crippen molar-refractivity contribution >= 4 is 11.6 Å². The van der Waals surface area contributed by atoms with Crippen molar-refractivity contribution in [2.45, 2.75) is 32.7 Å². The SMILES string of the molecule is C[C@H]1CCCN(c2ccc([C@H](C)NC(=O)COc3ccccc3F)cc2)C1. The van der Waals surface area contributed by atoms with Gasteiger partial charge in [-0.25, -0.2) is 4.39 Å². The number of rotatable bonds is 6. The molecule has 1 aliphatic heterocycles. The molecule has 0 saturated carbocycles. The van der Waals surface area contributed by atoms with Crippen molar-refractivity contribution in [2.24, 2.45) is 5.92 Å². The van der Waals surface area contributed by atoms with Gasteiger partial charge in [-0.2, -0.15) is 0 Å². The molecule has 4 nitrogen and oxygen atoms in total. The lowest BCUT2D eigenvalue weighted by atomic mass is 9.99. The number of benzene rings is 2. The monoisotopic (exact) mass is 370 g/mol. The fourth-order valence-electron chi connectivity index (χ4n) is 3.47. The first-order valence-electron chi connectivity index (χ1n) is 9.54. The molecule has 1 amide bonds. The van der Waals surface area contributed by atoms with Crippen LogP contribution in [0.3, 0.4) is 0 Å². The average molecular weight is 370 g/mol. The van der Waals surface area contributed by atoms with Crippen molar-refractivity contribution in [3.8, 4) is 5.75 Å². The minimum atomic E-state index is -0.471. The first-order chi connectivity index (χ1) is 13.0. The number of ether oxygens (including phenoxy) is 1. The Morgan fingerprint density at radius 1 is 1.26 bits per heavy atom. The van der Waals surface area contributed by atoms with Crippen LogP contribution in [0.5, 0.6) is 5.75 Å². The van der Waals surface area contributed by atoms with Crippen LogP contribution in [-0.2, 0) is 4.79 Å². The Morgan fingerprint density at radius 3 is 2.70 bits per heavy atom. The van der Waals surface area contributed by atoms with Gasteiger partial charge in [-0.1, -0.05) is 31.2 Å². The number of halogens is 1. The summed E-state index contributed by atoms with van der Waals surface area (Å²) < 4.78 is 18.8. The maximum Gasteiger partial charge on any atom is 0.258 e. The van der Waals surface area contributed by atoms with Crippen LogP contribution in [0.2, 0.25) is 0 Å². The Bertz CT molecular complexity index is 763. The fourth-order valence-corrected chi connectivity index (χ4v) is 3.47. The zero-order valence-corrected chi connectivity index (χ0v) is 16.0. The number of carbonyl (C=O) groups is 1. The molecule has 1 saturated heterocycles. The van der Waals surface area contributed by atoms with E-state index in [1.165, 1.54) is 30.7 Å². The highest BCUT2D eigenvalue weighted by atomic mass is 19.1. The fraction of sp³-hybridized carbons (Fsp3) is 0.409. The summed E-state index contributed by atoms with van der Waals surface area (Å²) in [5.74, 6) is 0.0622. The molecule has 2 atom stereocenters. The Labute approximate surface area is 160 Å². The van der Waals surface area contributed by atoms with Gasteiger partial charge < -0.3 is 15.0 Å². The highest BCUT2D eigenvalue weighted by Crippen LogP contribution is 2.24. The van der Waals surface area contributed by atoms with Gasteiger partial charge in [0.1, 0.15) is 0 Å². The predicted octanol–water partition coefficient (Wildman–Crippen LogP) is 4.32. The smallest absolute Gasteiger partial charge is 0.258 e. The van der Waals surface area contributed by atoms with Gasteiger partial charge in [0.05, 0.1) is 6.04 Å². The second kappa shape index (κ2) is 8.89. The molecule has 1 fully saturated rings. The standard InChI is InChI=1S/C22H27FN2O2/c1-16-6-5-13-25(14-16)19-11-9-18(10-12-19)17(2)24-22(26)15-27-21-8-4-3-7-20(21)23/h3-4,7-12,16-17H,5-6,13-15H2,1-2H3,(H,24,26)/t16-,17-/m0/s1. The summed E-state index contributed by atoms with van der Waals surface area (Å²) in [5.41, 5.74) is 2.26. The first kappa shape index (κ1) is 19.2. The molecule has 0 aromatic heterocycles. The van der Waals surface area contributed by atoms with E-state index in [0.717, 1.165) is 24.6 Å². The van der Waals surface area contributed by atoms with Crippen molar-refractivity contribution in [1.82, 2.24) is 5.32 Å². The van der Waals surface area contributed by atoms with E-state index in [-0.39, 0.29) is 24.3 Å². The van der Waals surface area contributed by atoms with Gasteiger partial charge in [0, 0.05) is 18.8 Å². The van der Waals surface area contributed by atoms with Gasteiger partial charge >= 0.3 is 0 Å². The number of carbonyl (C=O) groups excluding carboxylic acids is 1. The van der Waals surface area contributed by atoms with Gasteiger partial charge in [0.25, 0.3) is 5.91 Å². The van der Waals surface area contributed by atoms with Crippen LogP contribution in [0.25, 0.3) is 0 Å². The molecular weight excluding hydrogens is 343 g/mol. The maximum atomic E-state index is 13.5. The van der Waals surface area contributed by atoms with Crippen LogP contribution in [0, 0.1) is 11.7 Å². The lowest BCUT2D eigenvalue weighted by Gasteiger charge is -2.33. The summed E-state index contributed by atoms with van der Waals surface area (Å²) in [6.07, 6.45) is 2.53. The van der Waals surface area contributed by atoms with E-state index in [0.29, 0.717) is 0 Å². The summed E-state index contributed by atoms with van der Waals surface area (Å²) >= 11 is 0. The molecule has 2 aromatic carbocycles. The quantitative estimate of drug-likeness (QED) is 0.823. The van der Waals surface area contributed by atoms with Crippen LogP contribution in [-0.4, -0.2) is 25.6 Å². The highest BCUT2D eigenvalue weighted by Gasteiger charge is 2.17. The third-order valence-corrected chi connectivity index (χ3v) is 4.99. The number of amides is 1. The van der Waals surface area contributed by atoms with Gasteiger partial charge in [0.2, 0.25) is 0 Å². The molecule has 0 spiro atoms. The van der Waals surface area contributed by atoms with E-state index in [1.807, 2.05) is 6.92 Å². The van der Waals surface area contributed by atoms with E-state index < -0.39 is 5.82 Å². The van der Waals surface area contributed by atoms with E-state index in [4.69, 9.17) is 4.74 Å². The number of hydrogen-bond donors (Lipinski definition) is 1. The average Bonchev–Trinajstić information content (AvgIpc) is 2.67. The van der Waals surface area contributed by atoms with Crippen molar-refractivity contribution in [3.63, 3.8) is 0 Å². The Morgan fingerprint density at radius 2 is 2.00 bits per heavy atom. The summed E-state index contributed by atoms with van der Waals surface area (Å²) in [4.78, 5) is 14.5. The number of anilines is 1. The van der Waals surface area contributed by atoms with Crippen molar-refractivity contribution in [3.05, 3.63) is 59.9 Å². The topological polar surface area (TPSA) is 41.6 Å². The Kier molecular flexibility index (Phi) is 6.32. The second-order valence-corrected chi connectivity index (χ2v) is 7.29. The van der Waals surface area contributed by atoms with Crippen LogP contribution in [0.15, 0.2) is 48.5 Å². The molecule has 1 N–H and O–H groups in total.